The average molecular weight is 241 g/mol. The lowest BCUT2D eigenvalue weighted by Gasteiger charge is -2.15. The van der Waals surface area contributed by atoms with Crippen molar-refractivity contribution >= 4 is 17.3 Å². The average Bonchev–Trinajstić information content (AvgIpc) is 3.07. The normalized spacial score (nSPS) is 16.9. The number of methoxy groups -OCH3 is 1. The molecule has 16 heavy (non-hydrogen) atoms. The van der Waals surface area contributed by atoms with Crippen LogP contribution in [0.2, 0.25) is 5.02 Å². The van der Waals surface area contributed by atoms with Gasteiger partial charge < -0.3 is 15.8 Å². The number of hydrogen-bond donors (Lipinski definition) is 2. The van der Waals surface area contributed by atoms with E-state index in [4.69, 9.17) is 22.1 Å². The highest BCUT2D eigenvalue weighted by atomic mass is 35.5. The van der Waals surface area contributed by atoms with E-state index >= 15 is 0 Å². The number of halogens is 1. The number of nitrogens with two attached hydrogens (primary N) is 1. The van der Waals surface area contributed by atoms with Gasteiger partial charge >= 0.3 is 0 Å². The molecule has 0 aliphatic heterocycles. The third-order valence-corrected chi connectivity index (χ3v) is 3.50. The fourth-order valence-electron chi connectivity index (χ4n) is 1.70. The molecule has 4 heteroatoms. The van der Waals surface area contributed by atoms with Gasteiger partial charge in [-0.15, -0.1) is 0 Å². The lowest BCUT2D eigenvalue weighted by atomic mass is 10.1. The van der Waals surface area contributed by atoms with Crippen LogP contribution in [0.3, 0.4) is 0 Å². The largest absolute Gasteiger partial charge is 0.495 e. The van der Waals surface area contributed by atoms with E-state index in [1.165, 1.54) is 12.8 Å². The SMILES string of the molecule is COc1ccc(NCC2(CN)CC2)cc1Cl. The van der Waals surface area contributed by atoms with Gasteiger partial charge in [0.1, 0.15) is 5.75 Å². The van der Waals surface area contributed by atoms with E-state index in [1.807, 2.05) is 18.2 Å². The molecule has 1 aliphatic carbocycles. The topological polar surface area (TPSA) is 47.3 Å². The maximum atomic E-state index is 6.04. The molecule has 0 bridgehead atoms. The van der Waals surface area contributed by atoms with Gasteiger partial charge in [-0.2, -0.15) is 0 Å². The van der Waals surface area contributed by atoms with Crippen LogP contribution >= 0.6 is 11.6 Å². The molecule has 1 aliphatic rings. The van der Waals surface area contributed by atoms with Crippen molar-refractivity contribution in [2.45, 2.75) is 12.8 Å². The zero-order valence-electron chi connectivity index (χ0n) is 9.42. The Bertz CT molecular complexity index is 377. The highest BCUT2D eigenvalue weighted by molar-refractivity contribution is 6.32. The van der Waals surface area contributed by atoms with E-state index in [2.05, 4.69) is 5.32 Å². The quantitative estimate of drug-likeness (QED) is 0.832. The number of hydrogen-bond acceptors (Lipinski definition) is 3. The monoisotopic (exact) mass is 240 g/mol. The Balaban J connectivity index is 1.97. The van der Waals surface area contributed by atoms with Gasteiger partial charge in [-0.25, -0.2) is 0 Å². The molecule has 0 amide bonds. The van der Waals surface area contributed by atoms with Gasteiger partial charge in [0.15, 0.2) is 0 Å². The second kappa shape index (κ2) is 4.52. The number of anilines is 1. The van der Waals surface area contributed by atoms with Crippen molar-refractivity contribution in [3.05, 3.63) is 23.2 Å². The van der Waals surface area contributed by atoms with E-state index in [0.29, 0.717) is 16.2 Å². The van der Waals surface area contributed by atoms with Crippen LogP contribution in [0.1, 0.15) is 12.8 Å². The molecule has 1 saturated carbocycles. The summed E-state index contributed by atoms with van der Waals surface area (Å²) in [6, 6.07) is 5.72. The van der Waals surface area contributed by atoms with Crippen LogP contribution < -0.4 is 15.8 Å². The van der Waals surface area contributed by atoms with Gasteiger partial charge in [-0.1, -0.05) is 11.6 Å². The molecular formula is C12H17ClN2O. The van der Waals surface area contributed by atoms with Crippen LogP contribution in [0.4, 0.5) is 5.69 Å². The summed E-state index contributed by atoms with van der Waals surface area (Å²) in [6.07, 6.45) is 2.45. The molecule has 0 heterocycles. The zero-order chi connectivity index (χ0) is 11.6. The predicted octanol–water partition coefficient (Wildman–Crippen LogP) is 2.50. The Morgan fingerprint density at radius 3 is 2.75 bits per heavy atom. The van der Waals surface area contributed by atoms with Gasteiger partial charge in [0.25, 0.3) is 0 Å². The predicted molar refractivity (Wildman–Crippen MR) is 67.2 cm³/mol. The molecule has 2 rings (SSSR count). The van der Waals surface area contributed by atoms with Gasteiger partial charge in [0.2, 0.25) is 0 Å². The molecule has 0 atom stereocenters. The minimum absolute atomic E-state index is 0.326. The summed E-state index contributed by atoms with van der Waals surface area (Å²) < 4.78 is 5.10. The van der Waals surface area contributed by atoms with Crippen LogP contribution in [0.25, 0.3) is 0 Å². The van der Waals surface area contributed by atoms with Gasteiger partial charge in [-0.05, 0) is 43.0 Å². The second-order valence-electron chi connectivity index (χ2n) is 4.41. The Morgan fingerprint density at radius 2 is 2.25 bits per heavy atom. The lowest BCUT2D eigenvalue weighted by molar-refractivity contribution is 0.415. The molecular weight excluding hydrogens is 224 g/mol. The van der Waals surface area contributed by atoms with Crippen molar-refractivity contribution in [1.29, 1.82) is 0 Å². The third kappa shape index (κ3) is 2.42. The van der Waals surface area contributed by atoms with Crippen molar-refractivity contribution in [2.24, 2.45) is 11.1 Å². The molecule has 1 fully saturated rings. The first-order chi connectivity index (χ1) is 7.69. The molecule has 1 aromatic carbocycles. The van der Waals surface area contributed by atoms with Crippen molar-refractivity contribution in [1.82, 2.24) is 0 Å². The fraction of sp³-hybridized carbons (Fsp3) is 0.500. The highest BCUT2D eigenvalue weighted by Crippen LogP contribution is 2.44. The summed E-state index contributed by atoms with van der Waals surface area (Å²) in [5.41, 5.74) is 7.07. The molecule has 0 radical (unpaired) electrons. The van der Waals surface area contributed by atoms with E-state index < -0.39 is 0 Å². The highest BCUT2D eigenvalue weighted by Gasteiger charge is 2.40. The van der Waals surface area contributed by atoms with Crippen LogP contribution in [0, 0.1) is 5.41 Å². The summed E-state index contributed by atoms with van der Waals surface area (Å²) >= 11 is 6.04. The molecule has 0 unspecified atom stereocenters. The number of ether oxygens (including phenoxy) is 1. The number of rotatable bonds is 5. The first-order valence-electron chi connectivity index (χ1n) is 5.47. The van der Waals surface area contributed by atoms with Crippen molar-refractivity contribution in [3.63, 3.8) is 0 Å². The smallest absolute Gasteiger partial charge is 0.137 e. The number of nitrogens with one attached hydrogen (secondary N) is 1. The van der Waals surface area contributed by atoms with Crippen molar-refractivity contribution < 1.29 is 4.74 Å². The zero-order valence-corrected chi connectivity index (χ0v) is 10.2. The van der Waals surface area contributed by atoms with E-state index in [0.717, 1.165) is 18.8 Å². The maximum absolute atomic E-state index is 6.04. The molecule has 3 N–H and O–H groups in total. The molecule has 1 aromatic rings. The molecule has 0 aromatic heterocycles. The summed E-state index contributed by atoms with van der Waals surface area (Å²) in [6.45, 7) is 1.68. The van der Waals surface area contributed by atoms with E-state index in [-0.39, 0.29) is 0 Å². The van der Waals surface area contributed by atoms with E-state index in [1.54, 1.807) is 7.11 Å². The minimum Gasteiger partial charge on any atom is -0.495 e. The number of benzene rings is 1. The Morgan fingerprint density at radius 1 is 1.50 bits per heavy atom. The first-order valence-corrected chi connectivity index (χ1v) is 5.84. The standard InChI is InChI=1S/C12H17ClN2O/c1-16-11-3-2-9(6-10(11)13)15-8-12(7-14)4-5-12/h2-3,6,15H,4-5,7-8,14H2,1H3. The minimum atomic E-state index is 0.326. The lowest BCUT2D eigenvalue weighted by Crippen LogP contribution is -2.24. The Hall–Kier alpha value is -0.930. The van der Waals surface area contributed by atoms with Crippen molar-refractivity contribution in [2.75, 3.05) is 25.5 Å². The van der Waals surface area contributed by atoms with Crippen LogP contribution in [0.15, 0.2) is 18.2 Å². The Labute approximate surface area is 101 Å². The molecule has 3 nitrogen and oxygen atoms in total. The summed E-state index contributed by atoms with van der Waals surface area (Å²) in [5.74, 6) is 0.701. The van der Waals surface area contributed by atoms with Crippen LogP contribution in [-0.4, -0.2) is 20.2 Å². The summed E-state index contributed by atoms with van der Waals surface area (Å²) in [7, 11) is 1.61. The van der Waals surface area contributed by atoms with Crippen LogP contribution in [-0.2, 0) is 0 Å². The third-order valence-electron chi connectivity index (χ3n) is 3.21. The van der Waals surface area contributed by atoms with Crippen molar-refractivity contribution in [3.8, 4) is 5.75 Å². The van der Waals surface area contributed by atoms with Gasteiger partial charge in [0, 0.05) is 12.2 Å². The second-order valence-corrected chi connectivity index (χ2v) is 4.81. The molecule has 0 saturated heterocycles. The molecule has 0 spiro atoms. The maximum Gasteiger partial charge on any atom is 0.137 e. The van der Waals surface area contributed by atoms with Gasteiger partial charge in [0.05, 0.1) is 12.1 Å². The molecule has 88 valence electrons. The summed E-state index contributed by atoms with van der Waals surface area (Å²) in [5, 5.41) is 4.00. The van der Waals surface area contributed by atoms with Crippen LogP contribution in [0.5, 0.6) is 5.75 Å². The Kier molecular flexibility index (Phi) is 3.26. The van der Waals surface area contributed by atoms with Gasteiger partial charge in [-0.3, -0.25) is 0 Å². The van der Waals surface area contributed by atoms with E-state index in [9.17, 15) is 0 Å². The summed E-state index contributed by atoms with van der Waals surface area (Å²) in [4.78, 5) is 0. The fourth-order valence-corrected chi connectivity index (χ4v) is 1.95. The first kappa shape index (κ1) is 11.6.